The van der Waals surface area contributed by atoms with E-state index in [0.29, 0.717) is 23.6 Å². The molecule has 2 amide bonds. The lowest BCUT2D eigenvalue weighted by Crippen LogP contribution is -2.50. The zero-order valence-corrected chi connectivity index (χ0v) is 14.8. The molecule has 1 unspecified atom stereocenters. The molecule has 1 atom stereocenters. The molecule has 0 spiro atoms. The van der Waals surface area contributed by atoms with Crippen LogP contribution in [0.2, 0.25) is 5.02 Å². The van der Waals surface area contributed by atoms with Gasteiger partial charge in [0.2, 0.25) is 5.91 Å². The molecule has 1 rings (SSSR count). The number of carboxylic acids is 1. The molecule has 0 aliphatic rings. The molecule has 132 valence electrons. The van der Waals surface area contributed by atoms with Crippen LogP contribution in [0.3, 0.4) is 0 Å². The van der Waals surface area contributed by atoms with Gasteiger partial charge in [-0.05, 0) is 36.6 Å². The van der Waals surface area contributed by atoms with Crippen molar-refractivity contribution in [3.8, 4) is 0 Å². The molecule has 24 heavy (non-hydrogen) atoms. The Bertz CT molecular complexity index is 587. The van der Waals surface area contributed by atoms with Gasteiger partial charge in [0.25, 0.3) is 5.91 Å². The summed E-state index contributed by atoms with van der Waals surface area (Å²) in [6.45, 7) is 4.01. The molecule has 1 aromatic carbocycles. The summed E-state index contributed by atoms with van der Waals surface area (Å²) in [5.74, 6) is -1.58. The van der Waals surface area contributed by atoms with E-state index in [4.69, 9.17) is 16.7 Å². The first-order chi connectivity index (χ1) is 11.2. The van der Waals surface area contributed by atoms with Crippen LogP contribution >= 0.6 is 11.6 Å². The summed E-state index contributed by atoms with van der Waals surface area (Å²) in [5.41, 5.74) is 0.423. The third kappa shape index (κ3) is 6.20. The van der Waals surface area contributed by atoms with Gasteiger partial charge >= 0.3 is 5.97 Å². The Morgan fingerprint density at radius 2 is 1.79 bits per heavy atom. The Morgan fingerprint density at radius 3 is 2.29 bits per heavy atom. The van der Waals surface area contributed by atoms with E-state index in [9.17, 15) is 14.4 Å². The predicted octanol–water partition coefficient (Wildman–Crippen LogP) is 2.42. The van der Waals surface area contributed by atoms with Crippen LogP contribution < -0.4 is 5.32 Å². The molecule has 0 aliphatic carbocycles. The molecule has 0 bridgehead atoms. The lowest BCUT2D eigenvalue weighted by molar-refractivity contribution is -0.138. The van der Waals surface area contributed by atoms with Crippen LogP contribution in [0.25, 0.3) is 0 Å². The minimum absolute atomic E-state index is 0.00109. The zero-order valence-electron chi connectivity index (χ0n) is 14.1. The minimum atomic E-state index is -0.896. The Kier molecular flexibility index (Phi) is 7.71. The number of aliphatic carboxylic acids is 1. The van der Waals surface area contributed by atoms with Gasteiger partial charge in [0.1, 0.15) is 6.04 Å². The smallest absolute Gasteiger partial charge is 0.303 e. The number of rotatable bonds is 8. The van der Waals surface area contributed by atoms with E-state index in [0.717, 1.165) is 0 Å². The number of hydrogen-bond donors (Lipinski definition) is 2. The number of nitrogens with one attached hydrogen (secondary N) is 1. The van der Waals surface area contributed by atoms with E-state index >= 15 is 0 Å². The topological polar surface area (TPSA) is 86.7 Å². The monoisotopic (exact) mass is 354 g/mol. The lowest BCUT2D eigenvalue weighted by Gasteiger charge is -2.27. The molecule has 0 heterocycles. The van der Waals surface area contributed by atoms with Gasteiger partial charge in [-0.2, -0.15) is 0 Å². The Morgan fingerprint density at radius 1 is 1.21 bits per heavy atom. The number of carbonyl (C=O) groups excluding carboxylic acids is 2. The van der Waals surface area contributed by atoms with Crippen molar-refractivity contribution in [2.24, 2.45) is 5.92 Å². The maximum absolute atomic E-state index is 12.5. The predicted molar refractivity (Wildman–Crippen MR) is 92.1 cm³/mol. The fourth-order valence-electron chi connectivity index (χ4n) is 2.15. The third-order valence-electron chi connectivity index (χ3n) is 3.59. The number of halogens is 1. The summed E-state index contributed by atoms with van der Waals surface area (Å²) in [5, 5.41) is 11.9. The van der Waals surface area contributed by atoms with E-state index in [2.05, 4.69) is 5.32 Å². The van der Waals surface area contributed by atoms with Crippen molar-refractivity contribution in [3.63, 3.8) is 0 Å². The standard InChI is InChI=1S/C17H23ClN2O4/c1-11(2)15(17(24)20(3)10-4-5-14(21)22)19-16(23)12-6-8-13(18)9-7-12/h6-9,11,15H,4-5,10H2,1-3H3,(H,19,23)(H,21,22). The molecular formula is C17H23ClN2O4. The highest BCUT2D eigenvalue weighted by Gasteiger charge is 2.27. The maximum atomic E-state index is 12.5. The van der Waals surface area contributed by atoms with Gasteiger partial charge in [-0.1, -0.05) is 25.4 Å². The van der Waals surface area contributed by atoms with Gasteiger partial charge in [-0.3, -0.25) is 14.4 Å². The molecule has 7 heteroatoms. The average Bonchev–Trinajstić information content (AvgIpc) is 2.51. The van der Waals surface area contributed by atoms with Gasteiger partial charge in [0, 0.05) is 30.6 Å². The first-order valence-corrected chi connectivity index (χ1v) is 8.13. The number of nitrogens with zero attached hydrogens (tertiary/aromatic N) is 1. The van der Waals surface area contributed by atoms with Gasteiger partial charge < -0.3 is 15.3 Å². The summed E-state index contributed by atoms with van der Waals surface area (Å²) in [7, 11) is 1.61. The van der Waals surface area contributed by atoms with Crippen molar-refractivity contribution < 1.29 is 19.5 Å². The third-order valence-corrected chi connectivity index (χ3v) is 3.84. The first kappa shape index (κ1) is 20.0. The summed E-state index contributed by atoms with van der Waals surface area (Å²) in [6, 6.07) is 5.73. The van der Waals surface area contributed by atoms with E-state index in [-0.39, 0.29) is 24.2 Å². The fraction of sp³-hybridized carbons (Fsp3) is 0.471. The molecule has 0 saturated carbocycles. The molecule has 6 nitrogen and oxygen atoms in total. The maximum Gasteiger partial charge on any atom is 0.303 e. The summed E-state index contributed by atoms with van der Waals surface area (Å²) >= 11 is 5.80. The van der Waals surface area contributed by atoms with E-state index in [1.54, 1.807) is 31.3 Å². The summed E-state index contributed by atoms with van der Waals surface area (Å²) in [4.78, 5) is 36.8. The van der Waals surface area contributed by atoms with Crippen LogP contribution in [0.15, 0.2) is 24.3 Å². The van der Waals surface area contributed by atoms with Gasteiger partial charge in [0.15, 0.2) is 0 Å². The lowest BCUT2D eigenvalue weighted by atomic mass is 10.0. The number of hydrogen-bond acceptors (Lipinski definition) is 3. The van der Waals surface area contributed by atoms with Crippen molar-refractivity contribution in [3.05, 3.63) is 34.9 Å². The molecule has 2 N–H and O–H groups in total. The largest absolute Gasteiger partial charge is 0.481 e. The number of carbonyl (C=O) groups is 3. The average molecular weight is 355 g/mol. The second-order valence-electron chi connectivity index (χ2n) is 5.96. The SMILES string of the molecule is CC(C)C(NC(=O)c1ccc(Cl)cc1)C(=O)N(C)CCCC(=O)O. The minimum Gasteiger partial charge on any atom is -0.481 e. The first-order valence-electron chi connectivity index (χ1n) is 7.75. The van der Waals surface area contributed by atoms with E-state index in [1.807, 2.05) is 13.8 Å². The van der Waals surface area contributed by atoms with Crippen LogP contribution in [0.4, 0.5) is 0 Å². The van der Waals surface area contributed by atoms with Crippen LogP contribution in [-0.4, -0.2) is 47.4 Å². The Balaban J connectivity index is 2.71. The van der Waals surface area contributed by atoms with Crippen molar-refractivity contribution in [2.45, 2.75) is 32.7 Å². The second-order valence-corrected chi connectivity index (χ2v) is 6.40. The highest BCUT2D eigenvalue weighted by molar-refractivity contribution is 6.30. The number of benzene rings is 1. The Labute approximate surface area is 146 Å². The number of likely N-dealkylation sites (N-methyl/N-ethyl adjacent to an activating group) is 1. The van der Waals surface area contributed by atoms with Gasteiger partial charge in [0.05, 0.1) is 0 Å². The van der Waals surface area contributed by atoms with Crippen LogP contribution in [0.1, 0.15) is 37.0 Å². The molecular weight excluding hydrogens is 332 g/mol. The van der Waals surface area contributed by atoms with E-state index < -0.39 is 12.0 Å². The van der Waals surface area contributed by atoms with Gasteiger partial charge in [-0.25, -0.2) is 0 Å². The molecule has 0 fully saturated rings. The van der Waals surface area contributed by atoms with E-state index in [1.165, 1.54) is 4.90 Å². The van der Waals surface area contributed by atoms with Gasteiger partial charge in [-0.15, -0.1) is 0 Å². The highest BCUT2D eigenvalue weighted by atomic mass is 35.5. The fourth-order valence-corrected chi connectivity index (χ4v) is 2.28. The van der Waals surface area contributed by atoms with Crippen LogP contribution in [0.5, 0.6) is 0 Å². The van der Waals surface area contributed by atoms with Crippen LogP contribution in [-0.2, 0) is 9.59 Å². The second kappa shape index (κ2) is 9.27. The molecule has 0 radical (unpaired) electrons. The number of amides is 2. The summed E-state index contributed by atoms with van der Waals surface area (Å²) < 4.78 is 0. The highest BCUT2D eigenvalue weighted by Crippen LogP contribution is 2.12. The summed E-state index contributed by atoms with van der Waals surface area (Å²) in [6.07, 6.45) is 0.370. The van der Waals surface area contributed by atoms with Crippen molar-refractivity contribution >= 4 is 29.4 Å². The number of carboxylic acid groups (broad SMARTS) is 1. The zero-order chi connectivity index (χ0) is 18.3. The van der Waals surface area contributed by atoms with Crippen molar-refractivity contribution in [1.29, 1.82) is 0 Å². The quantitative estimate of drug-likeness (QED) is 0.750. The Hall–Kier alpha value is -2.08. The molecule has 0 aliphatic heterocycles. The van der Waals surface area contributed by atoms with Crippen LogP contribution in [0, 0.1) is 5.92 Å². The van der Waals surface area contributed by atoms with Crippen molar-refractivity contribution in [1.82, 2.24) is 10.2 Å². The molecule has 0 aromatic heterocycles. The van der Waals surface area contributed by atoms with Crippen molar-refractivity contribution in [2.75, 3.05) is 13.6 Å². The normalized spacial score (nSPS) is 11.9. The molecule has 1 aromatic rings. The molecule has 0 saturated heterocycles.